The third kappa shape index (κ3) is 17.6. The summed E-state index contributed by atoms with van der Waals surface area (Å²) in [5, 5.41) is 0. The van der Waals surface area contributed by atoms with Crippen molar-refractivity contribution in [2.24, 2.45) is 28.6 Å². The molecule has 3 aliphatic carbocycles. The zero-order valence-corrected chi connectivity index (χ0v) is 26.3. The molecule has 3 saturated carbocycles. The summed E-state index contributed by atoms with van der Waals surface area (Å²) < 4.78 is 4.54. The van der Waals surface area contributed by atoms with Crippen molar-refractivity contribution in [2.75, 3.05) is 13.7 Å². The van der Waals surface area contributed by atoms with Crippen LogP contribution in [0.1, 0.15) is 141 Å². The monoisotopic (exact) mass is 479 g/mol. The molecular formula is C33H66O. The van der Waals surface area contributed by atoms with E-state index in [0.29, 0.717) is 5.41 Å². The lowest BCUT2D eigenvalue weighted by molar-refractivity contribution is 0.199. The molecule has 3 atom stereocenters. The quantitative estimate of drug-likeness (QED) is 0.419. The first-order valence-electron chi connectivity index (χ1n) is 14.6. The van der Waals surface area contributed by atoms with Crippen molar-refractivity contribution < 1.29 is 4.74 Å². The summed E-state index contributed by atoms with van der Waals surface area (Å²) in [5.41, 5.74) is 2.89. The fourth-order valence-corrected chi connectivity index (χ4v) is 3.69. The molecule has 1 aromatic rings. The van der Waals surface area contributed by atoms with Crippen molar-refractivity contribution >= 4 is 0 Å². The van der Waals surface area contributed by atoms with E-state index >= 15 is 0 Å². The third-order valence-electron chi connectivity index (χ3n) is 7.11. The summed E-state index contributed by atoms with van der Waals surface area (Å²) in [7, 11) is 1.68. The van der Waals surface area contributed by atoms with Crippen LogP contribution in [0.5, 0.6) is 0 Å². The number of rotatable bonds is 3. The Morgan fingerprint density at radius 2 is 1.29 bits per heavy atom. The second-order valence-electron chi connectivity index (χ2n) is 10.8. The van der Waals surface area contributed by atoms with Gasteiger partial charge in [-0.25, -0.2) is 0 Å². The van der Waals surface area contributed by atoms with Crippen molar-refractivity contribution in [2.45, 2.75) is 135 Å². The maximum atomic E-state index is 4.54. The lowest BCUT2D eigenvalue weighted by Crippen LogP contribution is -2.21. The van der Waals surface area contributed by atoms with Gasteiger partial charge in [-0.15, -0.1) is 0 Å². The minimum atomic E-state index is 0.480. The minimum Gasteiger partial charge on any atom is -0.385 e. The normalized spacial score (nSPS) is 21.5. The Kier molecular flexibility index (Phi) is 23.8. The molecule has 0 saturated heterocycles. The van der Waals surface area contributed by atoms with Gasteiger partial charge in [-0.1, -0.05) is 120 Å². The van der Waals surface area contributed by atoms with Crippen molar-refractivity contribution in [1.29, 1.82) is 0 Å². The van der Waals surface area contributed by atoms with Gasteiger partial charge in [-0.3, -0.25) is 0 Å². The van der Waals surface area contributed by atoms with Gasteiger partial charge in [-0.05, 0) is 79.1 Å². The average molecular weight is 479 g/mol. The highest BCUT2D eigenvalue weighted by Gasteiger charge is 2.56. The highest BCUT2D eigenvalue weighted by Crippen LogP contribution is 2.67. The Hall–Kier alpha value is -0.820. The van der Waals surface area contributed by atoms with Crippen LogP contribution in [-0.2, 0) is 4.74 Å². The van der Waals surface area contributed by atoms with Crippen LogP contribution in [0.3, 0.4) is 0 Å². The molecule has 0 heterocycles. The Balaban J connectivity index is -0.000000361. The van der Waals surface area contributed by atoms with Crippen LogP contribution in [0.15, 0.2) is 30.3 Å². The van der Waals surface area contributed by atoms with Crippen molar-refractivity contribution in [1.82, 2.24) is 0 Å². The zero-order chi connectivity index (χ0) is 27.4. The van der Waals surface area contributed by atoms with E-state index in [4.69, 9.17) is 0 Å². The predicted octanol–water partition coefficient (Wildman–Crippen LogP) is 11.4. The second kappa shape index (κ2) is 21.5. The van der Waals surface area contributed by atoms with Gasteiger partial charge in [0.05, 0.1) is 0 Å². The van der Waals surface area contributed by atoms with Crippen molar-refractivity contribution in [3.8, 4) is 0 Å². The summed E-state index contributed by atoms with van der Waals surface area (Å²) in [4.78, 5) is 0. The van der Waals surface area contributed by atoms with E-state index in [9.17, 15) is 0 Å². The van der Waals surface area contributed by atoms with Crippen LogP contribution in [0.25, 0.3) is 0 Å². The molecule has 4 rings (SSSR count). The molecular weight excluding hydrogens is 412 g/mol. The summed E-state index contributed by atoms with van der Waals surface area (Å²) in [6, 6.07) is 10.8. The fourth-order valence-electron chi connectivity index (χ4n) is 3.69. The topological polar surface area (TPSA) is 9.23 Å². The number of methoxy groups -OCH3 is 1. The largest absolute Gasteiger partial charge is 0.385 e. The number of ether oxygens (including phenoxy) is 1. The molecule has 3 unspecified atom stereocenters. The molecule has 0 amide bonds. The molecule has 1 aromatic carbocycles. The van der Waals surface area contributed by atoms with Gasteiger partial charge in [0, 0.05) is 13.7 Å². The molecule has 1 heteroatoms. The molecule has 3 fully saturated rings. The number of hydrogen-bond acceptors (Lipinski definition) is 1. The van der Waals surface area contributed by atoms with Crippen molar-refractivity contribution in [3.05, 3.63) is 35.9 Å². The van der Waals surface area contributed by atoms with Gasteiger partial charge in [0.1, 0.15) is 0 Å². The zero-order valence-electron chi connectivity index (χ0n) is 26.3. The summed E-state index contributed by atoms with van der Waals surface area (Å²) in [6.45, 7) is 31.0. The van der Waals surface area contributed by atoms with E-state index in [-0.39, 0.29) is 0 Å². The molecule has 0 aromatic heterocycles. The third-order valence-corrected chi connectivity index (χ3v) is 7.11. The van der Waals surface area contributed by atoms with Gasteiger partial charge in [0.25, 0.3) is 0 Å². The van der Waals surface area contributed by atoms with Crippen molar-refractivity contribution in [3.63, 3.8) is 0 Å². The molecule has 0 N–H and O–H groups in total. The van der Waals surface area contributed by atoms with Crippen LogP contribution < -0.4 is 0 Å². The van der Waals surface area contributed by atoms with Gasteiger partial charge >= 0.3 is 0 Å². The molecule has 204 valence electrons. The van der Waals surface area contributed by atoms with E-state index in [0.717, 1.165) is 29.8 Å². The lowest BCUT2D eigenvalue weighted by Gasteiger charge is -2.30. The molecule has 0 aliphatic heterocycles. The van der Waals surface area contributed by atoms with Crippen LogP contribution in [-0.4, -0.2) is 13.7 Å². The Morgan fingerprint density at radius 3 is 1.44 bits per heavy atom. The predicted molar refractivity (Wildman–Crippen MR) is 159 cm³/mol. The first-order chi connectivity index (χ1) is 16.0. The Morgan fingerprint density at radius 1 is 0.882 bits per heavy atom. The van der Waals surface area contributed by atoms with E-state index in [1.165, 1.54) is 37.2 Å². The number of fused-ring (bicyclic) bond motifs is 1. The maximum Gasteiger partial charge on any atom is 0.0433 e. The van der Waals surface area contributed by atoms with E-state index in [1.807, 2.05) is 48.5 Å². The maximum absolute atomic E-state index is 4.54. The van der Waals surface area contributed by atoms with Crippen LogP contribution in [0.4, 0.5) is 0 Å². The smallest absolute Gasteiger partial charge is 0.0433 e. The summed E-state index contributed by atoms with van der Waals surface area (Å²) in [5.74, 6) is 3.71. The van der Waals surface area contributed by atoms with Gasteiger partial charge in [0.2, 0.25) is 0 Å². The molecule has 34 heavy (non-hydrogen) atoms. The lowest BCUT2D eigenvalue weighted by atomic mass is 9.76. The highest BCUT2D eigenvalue weighted by atomic mass is 16.5. The first kappa shape index (κ1) is 37.7. The molecule has 0 spiro atoms. The fraction of sp³-hybridized carbons (Fsp3) is 0.818. The Labute approximate surface area is 217 Å². The summed E-state index contributed by atoms with van der Waals surface area (Å²) >= 11 is 0. The van der Waals surface area contributed by atoms with Crippen LogP contribution in [0.2, 0.25) is 0 Å². The molecule has 0 bridgehead atoms. The van der Waals surface area contributed by atoms with Gasteiger partial charge in [-0.2, -0.15) is 0 Å². The number of hydrogen-bond donors (Lipinski definition) is 0. The SMILES string of the molecule is CC.CC.CC.CC(C)C(C)C(C)(C)C.CC12CCC1C2.CCOC.c1ccc(C2CC2)cc1. The molecule has 1 nitrogen and oxygen atoms in total. The van der Waals surface area contributed by atoms with Crippen LogP contribution in [0, 0.1) is 28.6 Å². The Bertz CT molecular complexity index is 517. The van der Waals surface area contributed by atoms with Gasteiger partial charge in [0.15, 0.2) is 0 Å². The standard InChI is InChI=1S/C9H10.C9H20.C6H10.C3H8O.3C2H6/c1-2-4-8(5-3-1)9-6-7-9;1-7(2)8(3)9(4,5)6;1-6-3-2-5(6)4-6;1-3-4-2;3*1-2/h1-5,9H,6-7H2;7-8H,1-6H3;5H,2-4H2,1H3;3H2,1-2H3;3*1-2H3. The van der Waals surface area contributed by atoms with Crippen LogP contribution >= 0.6 is 0 Å². The first-order valence-corrected chi connectivity index (χ1v) is 14.6. The van der Waals surface area contributed by atoms with E-state index < -0.39 is 0 Å². The highest BCUT2D eigenvalue weighted by molar-refractivity contribution is 5.22. The summed E-state index contributed by atoms with van der Waals surface area (Å²) in [6.07, 6.45) is 7.43. The van der Waals surface area contributed by atoms with E-state index in [2.05, 4.69) is 83.5 Å². The van der Waals surface area contributed by atoms with Gasteiger partial charge < -0.3 is 4.74 Å². The minimum absolute atomic E-state index is 0.480. The second-order valence-corrected chi connectivity index (χ2v) is 10.8. The number of benzene rings is 1. The molecule has 0 radical (unpaired) electrons. The van der Waals surface area contributed by atoms with E-state index in [1.54, 1.807) is 13.5 Å². The molecule has 3 aliphatic rings. The average Bonchev–Trinajstić information content (AvgIpc) is 3.78.